The zero-order chi connectivity index (χ0) is 22.7. The predicted octanol–water partition coefficient (Wildman–Crippen LogP) is 1.74. The lowest BCUT2D eigenvalue weighted by Crippen LogP contribution is -2.54. The Balaban J connectivity index is 1.37. The second kappa shape index (κ2) is 8.77. The molecule has 11 nitrogen and oxygen atoms in total. The van der Waals surface area contributed by atoms with Gasteiger partial charge in [0.15, 0.2) is 12.4 Å². The molecule has 1 saturated carbocycles. The third kappa shape index (κ3) is 4.32. The number of nitrogen functional groups attached to an aromatic ring is 1. The molecule has 3 amide bonds. The maximum atomic E-state index is 13.0. The largest absolute Gasteiger partial charge is 0.456 e. The van der Waals surface area contributed by atoms with E-state index in [4.69, 9.17) is 10.5 Å². The quantitative estimate of drug-likeness (QED) is 0.451. The van der Waals surface area contributed by atoms with Crippen molar-refractivity contribution in [1.82, 2.24) is 25.2 Å². The number of para-hydroxylation sites is 1. The molecule has 4 rings (SSSR count). The summed E-state index contributed by atoms with van der Waals surface area (Å²) in [6, 6.07) is 8.67. The normalized spacial score (nSPS) is 22.7. The Kier molecular flexibility index (Phi) is 5.89. The number of anilines is 3. The number of nitrogens with one attached hydrogen (secondary N) is 2. The van der Waals surface area contributed by atoms with Gasteiger partial charge < -0.3 is 21.1 Å². The standard InChI is InChI=1S/C21H25N7O4/c1-13-7-5-6-10-21(13)17(30)28(20(31)27-21)11-16(29)32-12-15-24-18(22)26-19(25-15)23-14-8-3-2-4-9-14/h2-4,8-9,13H,5-7,10-12H2,1H3,(H,27,31)(H3,22,23,24,25,26)/t13-,21+/m1/s1. The van der Waals surface area contributed by atoms with Gasteiger partial charge in [0.25, 0.3) is 5.91 Å². The van der Waals surface area contributed by atoms with Crippen LogP contribution in [0.15, 0.2) is 30.3 Å². The fourth-order valence-corrected chi connectivity index (χ4v) is 4.17. The number of urea groups is 1. The monoisotopic (exact) mass is 439 g/mol. The van der Waals surface area contributed by atoms with Crippen molar-refractivity contribution in [3.63, 3.8) is 0 Å². The number of benzene rings is 1. The van der Waals surface area contributed by atoms with Crippen LogP contribution in [0.1, 0.15) is 38.4 Å². The van der Waals surface area contributed by atoms with Crippen LogP contribution >= 0.6 is 0 Å². The smallest absolute Gasteiger partial charge is 0.326 e. The summed E-state index contributed by atoms with van der Waals surface area (Å²) in [5, 5.41) is 5.80. The molecule has 2 aromatic rings. The molecule has 1 aliphatic carbocycles. The van der Waals surface area contributed by atoms with Gasteiger partial charge in [0.2, 0.25) is 11.9 Å². The van der Waals surface area contributed by atoms with Crippen LogP contribution < -0.4 is 16.4 Å². The van der Waals surface area contributed by atoms with Crippen LogP contribution in [0.5, 0.6) is 0 Å². The Morgan fingerprint density at radius 3 is 2.78 bits per heavy atom. The van der Waals surface area contributed by atoms with Crippen LogP contribution in [0.2, 0.25) is 0 Å². The first-order chi connectivity index (χ1) is 15.4. The van der Waals surface area contributed by atoms with Crippen molar-refractivity contribution in [1.29, 1.82) is 0 Å². The number of nitrogens with two attached hydrogens (primary N) is 1. The van der Waals surface area contributed by atoms with Crippen molar-refractivity contribution < 1.29 is 19.1 Å². The maximum Gasteiger partial charge on any atom is 0.326 e. The fraction of sp³-hybridized carbons (Fsp3) is 0.429. The molecule has 1 aromatic carbocycles. The minimum Gasteiger partial charge on any atom is -0.456 e. The number of ether oxygens (including phenoxy) is 1. The number of carbonyl (C=O) groups is 3. The minimum atomic E-state index is -0.920. The number of amides is 3. The second-order valence-electron chi connectivity index (χ2n) is 8.02. The highest BCUT2D eigenvalue weighted by Gasteiger charge is 2.55. The summed E-state index contributed by atoms with van der Waals surface area (Å²) >= 11 is 0. The molecule has 1 aliphatic heterocycles. The maximum absolute atomic E-state index is 13.0. The third-order valence-electron chi connectivity index (χ3n) is 5.88. The van der Waals surface area contributed by atoms with E-state index in [1.807, 2.05) is 37.3 Å². The first kappa shape index (κ1) is 21.5. The lowest BCUT2D eigenvalue weighted by molar-refractivity contribution is -0.149. The molecule has 1 aromatic heterocycles. The molecule has 2 aliphatic rings. The van der Waals surface area contributed by atoms with Gasteiger partial charge in [-0.25, -0.2) is 4.79 Å². The molecule has 32 heavy (non-hydrogen) atoms. The molecule has 0 bridgehead atoms. The summed E-state index contributed by atoms with van der Waals surface area (Å²) in [5.41, 5.74) is 5.57. The van der Waals surface area contributed by atoms with Gasteiger partial charge in [-0.05, 0) is 30.9 Å². The van der Waals surface area contributed by atoms with Crippen LogP contribution in [0, 0.1) is 5.92 Å². The van der Waals surface area contributed by atoms with Crippen LogP contribution in [0.25, 0.3) is 0 Å². The number of aromatic nitrogens is 3. The number of carbonyl (C=O) groups excluding carboxylic acids is 3. The van der Waals surface area contributed by atoms with Crippen LogP contribution in [-0.4, -0.2) is 49.8 Å². The highest BCUT2D eigenvalue weighted by Crippen LogP contribution is 2.38. The zero-order valence-electron chi connectivity index (χ0n) is 17.7. The Morgan fingerprint density at radius 1 is 1.25 bits per heavy atom. The summed E-state index contributed by atoms with van der Waals surface area (Å²) < 4.78 is 5.20. The number of esters is 1. The lowest BCUT2D eigenvalue weighted by atomic mass is 9.73. The van der Waals surface area contributed by atoms with Gasteiger partial charge in [0, 0.05) is 5.69 Å². The third-order valence-corrected chi connectivity index (χ3v) is 5.88. The van der Waals surface area contributed by atoms with E-state index in [2.05, 4.69) is 25.6 Å². The fourth-order valence-electron chi connectivity index (χ4n) is 4.17. The molecule has 0 radical (unpaired) electrons. The van der Waals surface area contributed by atoms with Gasteiger partial charge in [-0.3, -0.25) is 14.5 Å². The van der Waals surface area contributed by atoms with E-state index in [1.54, 1.807) is 0 Å². The van der Waals surface area contributed by atoms with E-state index in [0.717, 1.165) is 29.8 Å². The van der Waals surface area contributed by atoms with E-state index in [-0.39, 0.29) is 36.2 Å². The van der Waals surface area contributed by atoms with Gasteiger partial charge in [-0.15, -0.1) is 0 Å². The Hall–Kier alpha value is -3.76. The van der Waals surface area contributed by atoms with Crippen molar-refractivity contribution in [3.05, 3.63) is 36.2 Å². The molecule has 2 fully saturated rings. The number of hydrogen-bond acceptors (Lipinski definition) is 9. The van der Waals surface area contributed by atoms with E-state index in [1.165, 1.54) is 0 Å². The van der Waals surface area contributed by atoms with E-state index in [9.17, 15) is 14.4 Å². The van der Waals surface area contributed by atoms with Gasteiger partial charge in [-0.2, -0.15) is 15.0 Å². The van der Waals surface area contributed by atoms with Crippen molar-refractivity contribution >= 4 is 35.5 Å². The minimum absolute atomic E-state index is 0.0115. The SMILES string of the molecule is C[C@@H]1CCCC[C@]12NC(=O)N(CC(=O)OCc1nc(N)nc(Nc3ccccc3)n1)C2=O. The van der Waals surface area contributed by atoms with Gasteiger partial charge >= 0.3 is 12.0 Å². The topological polar surface area (TPSA) is 152 Å². The average Bonchev–Trinajstić information content (AvgIpc) is 3.00. The van der Waals surface area contributed by atoms with Crippen molar-refractivity contribution in [2.45, 2.75) is 44.8 Å². The predicted molar refractivity (Wildman–Crippen MR) is 114 cm³/mol. The zero-order valence-corrected chi connectivity index (χ0v) is 17.7. The van der Waals surface area contributed by atoms with Crippen molar-refractivity contribution in [3.8, 4) is 0 Å². The molecule has 168 valence electrons. The molecule has 11 heteroatoms. The van der Waals surface area contributed by atoms with Crippen molar-refractivity contribution in [2.75, 3.05) is 17.6 Å². The second-order valence-corrected chi connectivity index (χ2v) is 8.02. The number of rotatable bonds is 6. The summed E-state index contributed by atoms with van der Waals surface area (Å²) in [4.78, 5) is 50.8. The number of hydrogen-bond donors (Lipinski definition) is 3. The van der Waals surface area contributed by atoms with Crippen LogP contribution in [0.4, 0.5) is 22.4 Å². The molecular formula is C21H25N7O4. The first-order valence-corrected chi connectivity index (χ1v) is 10.5. The number of nitrogens with zero attached hydrogens (tertiary/aromatic N) is 4. The van der Waals surface area contributed by atoms with Crippen LogP contribution in [-0.2, 0) is 20.9 Å². The highest BCUT2D eigenvalue weighted by molar-refractivity contribution is 6.08. The van der Waals surface area contributed by atoms with Gasteiger partial charge in [0.1, 0.15) is 12.1 Å². The lowest BCUT2D eigenvalue weighted by Gasteiger charge is -2.36. The number of imide groups is 1. The van der Waals surface area contributed by atoms with Gasteiger partial charge in [0.05, 0.1) is 0 Å². The summed E-state index contributed by atoms with van der Waals surface area (Å²) in [6.07, 6.45) is 3.30. The summed E-state index contributed by atoms with van der Waals surface area (Å²) in [5.74, 6) is -0.795. The van der Waals surface area contributed by atoms with E-state index >= 15 is 0 Å². The van der Waals surface area contributed by atoms with E-state index in [0.29, 0.717) is 6.42 Å². The Labute approximate surface area is 184 Å². The molecule has 0 unspecified atom stereocenters. The summed E-state index contributed by atoms with van der Waals surface area (Å²) in [6.45, 7) is 1.19. The molecule has 2 atom stereocenters. The molecule has 1 spiro atoms. The van der Waals surface area contributed by atoms with E-state index < -0.39 is 24.1 Å². The van der Waals surface area contributed by atoms with Crippen molar-refractivity contribution in [2.24, 2.45) is 5.92 Å². The van der Waals surface area contributed by atoms with Gasteiger partial charge in [-0.1, -0.05) is 38.0 Å². The molecular weight excluding hydrogens is 414 g/mol. The first-order valence-electron chi connectivity index (χ1n) is 10.5. The molecule has 1 saturated heterocycles. The van der Waals surface area contributed by atoms with Crippen LogP contribution in [0.3, 0.4) is 0 Å². The Bertz CT molecular complexity index is 1030. The molecule has 4 N–H and O–H groups in total. The Morgan fingerprint density at radius 2 is 2.03 bits per heavy atom. The molecule has 2 heterocycles. The average molecular weight is 439 g/mol. The summed E-state index contributed by atoms with van der Waals surface area (Å²) in [7, 11) is 0. The highest BCUT2D eigenvalue weighted by atomic mass is 16.5.